The van der Waals surface area contributed by atoms with Crippen LogP contribution in [0.4, 0.5) is 0 Å². The Labute approximate surface area is 127 Å². The van der Waals surface area contributed by atoms with Crippen LogP contribution in [0.3, 0.4) is 0 Å². The lowest BCUT2D eigenvalue weighted by Gasteiger charge is -2.49. The highest BCUT2D eigenvalue weighted by atomic mass is 16.6. The summed E-state index contributed by atoms with van der Waals surface area (Å²) in [6.45, 7) is 2.48. The summed E-state index contributed by atoms with van der Waals surface area (Å²) in [5.74, 6) is -2.56. The maximum Gasteiger partial charge on any atom is 0.329 e. The van der Waals surface area contributed by atoms with Gasteiger partial charge in [-0.3, -0.25) is 9.59 Å². The summed E-state index contributed by atoms with van der Waals surface area (Å²) in [4.78, 5) is 35.8. The van der Waals surface area contributed by atoms with E-state index in [0.717, 1.165) is 4.90 Å². The molecule has 1 fully saturated rings. The summed E-state index contributed by atoms with van der Waals surface area (Å²) in [5.41, 5.74) is 0.639. The smallest absolute Gasteiger partial charge is 0.329 e. The van der Waals surface area contributed by atoms with Crippen LogP contribution in [0, 0.1) is 0 Å². The molecule has 2 rings (SSSR count). The second-order valence-corrected chi connectivity index (χ2v) is 5.15. The molecule has 118 valence electrons. The van der Waals surface area contributed by atoms with Crippen LogP contribution in [-0.4, -0.2) is 51.2 Å². The molecule has 7 nitrogen and oxygen atoms in total. The van der Waals surface area contributed by atoms with E-state index in [1.165, 1.54) is 13.8 Å². The maximum absolute atomic E-state index is 12.2. The van der Waals surface area contributed by atoms with Gasteiger partial charge in [-0.2, -0.15) is 0 Å². The van der Waals surface area contributed by atoms with E-state index >= 15 is 0 Å². The van der Waals surface area contributed by atoms with Gasteiger partial charge in [-0.25, -0.2) is 4.79 Å². The van der Waals surface area contributed by atoms with Gasteiger partial charge in [0.05, 0.1) is 6.10 Å². The molecule has 4 atom stereocenters. The van der Waals surface area contributed by atoms with Gasteiger partial charge in [0, 0.05) is 6.92 Å². The number of carbonyl (C=O) groups is 3. The first-order chi connectivity index (χ1) is 10.3. The fraction of sp³-hybridized carbons (Fsp3) is 0.400. The van der Waals surface area contributed by atoms with E-state index in [0.29, 0.717) is 5.56 Å². The number of ether oxygens (including phenoxy) is 1. The number of aliphatic hydroxyl groups is 1. The molecule has 0 bridgehead atoms. The van der Waals surface area contributed by atoms with E-state index in [1.54, 1.807) is 30.3 Å². The third kappa shape index (κ3) is 2.80. The zero-order valence-electron chi connectivity index (χ0n) is 12.2. The number of amides is 1. The maximum atomic E-state index is 12.2. The van der Waals surface area contributed by atoms with Gasteiger partial charge in [0.25, 0.3) is 5.91 Å². The lowest BCUT2D eigenvalue weighted by Crippen LogP contribution is -2.67. The Morgan fingerprint density at radius 1 is 1.27 bits per heavy atom. The zero-order valence-corrected chi connectivity index (χ0v) is 12.2. The average Bonchev–Trinajstić information content (AvgIpc) is 2.45. The number of hydrogen-bond acceptors (Lipinski definition) is 5. The summed E-state index contributed by atoms with van der Waals surface area (Å²) in [5, 5.41) is 19.0. The average molecular weight is 307 g/mol. The van der Waals surface area contributed by atoms with Crippen LogP contribution >= 0.6 is 0 Å². The molecule has 22 heavy (non-hydrogen) atoms. The molecule has 0 unspecified atom stereocenters. The largest absolute Gasteiger partial charge is 0.480 e. The van der Waals surface area contributed by atoms with Gasteiger partial charge in [-0.1, -0.05) is 30.3 Å². The molecule has 0 aromatic heterocycles. The van der Waals surface area contributed by atoms with Crippen LogP contribution in [-0.2, 0) is 19.1 Å². The number of hydrogen-bond donors (Lipinski definition) is 2. The standard InChI is InChI=1S/C15H17NO6/c1-8(17)11(15(20)21)16-12(10-6-4-3-5-7-10)13(14(16)19)22-9(2)18/h3-8,11-13,17H,1-2H3,(H,20,21)/t8-,11+,12+,13-/m1/s1. The van der Waals surface area contributed by atoms with E-state index in [4.69, 9.17) is 4.74 Å². The van der Waals surface area contributed by atoms with E-state index < -0.39 is 42.1 Å². The molecular formula is C15H17NO6. The van der Waals surface area contributed by atoms with Crippen LogP contribution < -0.4 is 0 Å². The Kier molecular flexibility index (Phi) is 4.46. The number of aliphatic hydroxyl groups excluding tert-OH is 1. The molecule has 1 aliphatic rings. The summed E-state index contributed by atoms with van der Waals surface area (Å²) >= 11 is 0. The third-order valence-corrected chi connectivity index (χ3v) is 3.53. The first-order valence-electron chi connectivity index (χ1n) is 6.79. The number of carboxylic acid groups (broad SMARTS) is 1. The fourth-order valence-corrected chi connectivity index (χ4v) is 2.63. The molecule has 2 N–H and O–H groups in total. The van der Waals surface area contributed by atoms with Crippen molar-refractivity contribution in [1.82, 2.24) is 4.90 Å². The quantitative estimate of drug-likeness (QED) is 0.600. The highest BCUT2D eigenvalue weighted by Gasteiger charge is 2.56. The van der Waals surface area contributed by atoms with Crippen LogP contribution in [0.1, 0.15) is 25.5 Å². The summed E-state index contributed by atoms with van der Waals surface area (Å²) < 4.78 is 5.00. The minimum Gasteiger partial charge on any atom is -0.480 e. The van der Waals surface area contributed by atoms with Gasteiger partial charge >= 0.3 is 11.9 Å². The monoisotopic (exact) mass is 307 g/mol. The Bertz CT molecular complexity index is 585. The third-order valence-electron chi connectivity index (χ3n) is 3.53. The van der Waals surface area contributed by atoms with Crippen molar-refractivity contribution in [1.29, 1.82) is 0 Å². The number of nitrogens with zero attached hydrogens (tertiary/aromatic N) is 1. The molecule has 1 heterocycles. The molecule has 7 heteroatoms. The Morgan fingerprint density at radius 2 is 1.86 bits per heavy atom. The Hall–Kier alpha value is -2.41. The number of β-lactam (4-membered cyclic amide) rings is 1. The SMILES string of the molecule is CC(=O)O[C@H]1C(=O)N([C@H](C(=O)O)[C@@H](C)O)[C@H]1c1ccccc1. The Balaban J connectivity index is 2.38. The van der Waals surface area contributed by atoms with Crippen molar-refractivity contribution in [2.45, 2.75) is 38.1 Å². The van der Waals surface area contributed by atoms with Crippen molar-refractivity contribution < 1.29 is 29.3 Å². The summed E-state index contributed by atoms with van der Waals surface area (Å²) in [6, 6.07) is 6.54. The van der Waals surface area contributed by atoms with Gasteiger partial charge in [-0.05, 0) is 12.5 Å². The van der Waals surface area contributed by atoms with Crippen molar-refractivity contribution in [3.63, 3.8) is 0 Å². The van der Waals surface area contributed by atoms with Crippen molar-refractivity contribution in [3.05, 3.63) is 35.9 Å². The number of carboxylic acids is 1. The Morgan fingerprint density at radius 3 is 2.32 bits per heavy atom. The van der Waals surface area contributed by atoms with Crippen LogP contribution in [0.25, 0.3) is 0 Å². The van der Waals surface area contributed by atoms with Gasteiger partial charge in [0.15, 0.2) is 6.04 Å². The molecule has 1 saturated heterocycles. The molecule has 0 saturated carbocycles. The van der Waals surface area contributed by atoms with Gasteiger partial charge < -0.3 is 19.8 Å². The van der Waals surface area contributed by atoms with Crippen molar-refractivity contribution in [2.75, 3.05) is 0 Å². The van der Waals surface area contributed by atoms with Crippen LogP contribution in [0.15, 0.2) is 30.3 Å². The molecule has 1 amide bonds. The lowest BCUT2D eigenvalue weighted by molar-refractivity contribution is -0.194. The van der Waals surface area contributed by atoms with E-state index in [-0.39, 0.29) is 0 Å². The number of rotatable bonds is 5. The molecule has 1 aromatic carbocycles. The van der Waals surface area contributed by atoms with Gasteiger partial charge in [0.1, 0.15) is 6.04 Å². The predicted octanol–water partition coefficient (Wildman–Crippen LogP) is 0.336. The highest BCUT2D eigenvalue weighted by molar-refractivity contribution is 5.94. The first-order valence-corrected chi connectivity index (χ1v) is 6.79. The van der Waals surface area contributed by atoms with Crippen LogP contribution in [0.2, 0.25) is 0 Å². The summed E-state index contributed by atoms with van der Waals surface area (Å²) in [7, 11) is 0. The number of aliphatic carboxylic acids is 1. The van der Waals surface area contributed by atoms with Gasteiger partial charge in [-0.15, -0.1) is 0 Å². The van der Waals surface area contributed by atoms with Crippen LogP contribution in [0.5, 0.6) is 0 Å². The highest BCUT2D eigenvalue weighted by Crippen LogP contribution is 2.39. The van der Waals surface area contributed by atoms with E-state index in [2.05, 4.69) is 0 Å². The topological polar surface area (TPSA) is 104 Å². The minimum atomic E-state index is -1.40. The molecule has 0 spiro atoms. The van der Waals surface area contributed by atoms with E-state index in [1.807, 2.05) is 0 Å². The molecule has 0 radical (unpaired) electrons. The normalized spacial score (nSPS) is 23.4. The molecule has 0 aliphatic carbocycles. The van der Waals surface area contributed by atoms with Crippen molar-refractivity contribution in [3.8, 4) is 0 Å². The first kappa shape index (κ1) is 16.0. The number of esters is 1. The number of benzene rings is 1. The molecule has 1 aromatic rings. The second-order valence-electron chi connectivity index (χ2n) is 5.15. The van der Waals surface area contributed by atoms with Crippen molar-refractivity contribution >= 4 is 17.8 Å². The summed E-state index contributed by atoms with van der Waals surface area (Å²) in [6.07, 6.45) is -2.33. The number of likely N-dealkylation sites (tertiary alicyclic amines) is 1. The second kappa shape index (κ2) is 6.15. The fourth-order valence-electron chi connectivity index (χ4n) is 2.63. The minimum absolute atomic E-state index is 0.622. The zero-order chi connectivity index (χ0) is 16.4. The molecular weight excluding hydrogens is 290 g/mol. The predicted molar refractivity (Wildman–Crippen MR) is 74.7 cm³/mol. The number of carbonyl (C=O) groups excluding carboxylic acids is 2. The van der Waals surface area contributed by atoms with Crippen molar-refractivity contribution in [2.24, 2.45) is 0 Å². The molecule has 1 aliphatic heterocycles. The van der Waals surface area contributed by atoms with E-state index in [9.17, 15) is 24.6 Å². The van der Waals surface area contributed by atoms with Gasteiger partial charge in [0.2, 0.25) is 6.10 Å². The lowest BCUT2D eigenvalue weighted by atomic mass is 9.87.